The first-order valence-corrected chi connectivity index (χ1v) is 6.14. The van der Waals surface area contributed by atoms with Crippen molar-refractivity contribution >= 4 is 5.97 Å². The van der Waals surface area contributed by atoms with E-state index in [1.165, 1.54) is 6.07 Å². The van der Waals surface area contributed by atoms with Crippen molar-refractivity contribution < 1.29 is 41.0 Å². The van der Waals surface area contributed by atoms with Gasteiger partial charge < -0.3 is 9.84 Å². The fourth-order valence-electron chi connectivity index (χ4n) is 1.85. The molecular formula is C14H7F6NO3. The minimum Gasteiger partial charge on any atom is -0.478 e. The van der Waals surface area contributed by atoms with Crippen molar-refractivity contribution in [3.8, 4) is 17.0 Å². The van der Waals surface area contributed by atoms with Gasteiger partial charge in [0.2, 0.25) is 0 Å². The van der Waals surface area contributed by atoms with Gasteiger partial charge in [-0.1, -0.05) is 12.1 Å². The maximum absolute atomic E-state index is 12.6. The highest BCUT2D eigenvalue weighted by Crippen LogP contribution is 2.33. The Morgan fingerprint density at radius 1 is 1.08 bits per heavy atom. The van der Waals surface area contributed by atoms with Crippen LogP contribution < -0.4 is 4.74 Å². The summed E-state index contributed by atoms with van der Waals surface area (Å²) in [5.41, 5.74) is -2.63. The van der Waals surface area contributed by atoms with E-state index in [4.69, 9.17) is 5.11 Å². The fourth-order valence-corrected chi connectivity index (χ4v) is 1.85. The van der Waals surface area contributed by atoms with E-state index in [1.54, 1.807) is 0 Å². The Hall–Kier alpha value is -2.78. The summed E-state index contributed by atoms with van der Waals surface area (Å²) in [5, 5.41) is 9.05. The lowest BCUT2D eigenvalue weighted by molar-refractivity contribution is -0.274. The average molecular weight is 351 g/mol. The summed E-state index contributed by atoms with van der Waals surface area (Å²) in [6.07, 6.45) is -9.38. The zero-order chi connectivity index (χ0) is 18.1. The van der Waals surface area contributed by atoms with Crippen LogP contribution >= 0.6 is 0 Å². The molecule has 1 aromatic carbocycles. The highest BCUT2D eigenvalue weighted by molar-refractivity contribution is 5.95. The summed E-state index contributed by atoms with van der Waals surface area (Å²) in [7, 11) is 0. The molecule has 0 atom stereocenters. The Morgan fingerprint density at radius 3 is 2.29 bits per heavy atom. The van der Waals surface area contributed by atoms with Crippen LogP contribution in [0.2, 0.25) is 0 Å². The number of hydrogen-bond acceptors (Lipinski definition) is 3. The fraction of sp³-hybridized carbons (Fsp3) is 0.143. The van der Waals surface area contributed by atoms with Gasteiger partial charge in [-0.2, -0.15) is 13.2 Å². The second-order valence-electron chi connectivity index (χ2n) is 4.50. The molecule has 1 aromatic heterocycles. The molecule has 1 heterocycles. The topological polar surface area (TPSA) is 59.4 Å². The van der Waals surface area contributed by atoms with Gasteiger partial charge in [-0.25, -0.2) is 4.79 Å². The molecular weight excluding hydrogens is 344 g/mol. The number of carboxylic acids is 1. The molecule has 2 rings (SSSR count). The van der Waals surface area contributed by atoms with E-state index in [2.05, 4.69) is 9.72 Å². The average Bonchev–Trinajstić information content (AvgIpc) is 2.44. The first kappa shape index (κ1) is 17.6. The third-order valence-electron chi connectivity index (χ3n) is 2.79. The monoisotopic (exact) mass is 351 g/mol. The van der Waals surface area contributed by atoms with Crippen LogP contribution in [-0.2, 0) is 6.18 Å². The van der Waals surface area contributed by atoms with Gasteiger partial charge in [-0.05, 0) is 18.2 Å². The number of aromatic nitrogens is 1. The molecule has 0 spiro atoms. The molecule has 2 aromatic rings. The van der Waals surface area contributed by atoms with Crippen molar-refractivity contribution in [2.75, 3.05) is 0 Å². The lowest BCUT2D eigenvalue weighted by atomic mass is 10.0. The summed E-state index contributed by atoms with van der Waals surface area (Å²) >= 11 is 0. The SMILES string of the molecule is O=C(O)c1cc(C(F)(F)F)cnc1-c1cccc(OC(F)(F)F)c1. The maximum Gasteiger partial charge on any atom is 0.573 e. The van der Waals surface area contributed by atoms with Crippen LogP contribution in [0.3, 0.4) is 0 Å². The molecule has 0 saturated carbocycles. The molecule has 24 heavy (non-hydrogen) atoms. The minimum atomic E-state index is -4.97. The molecule has 0 bridgehead atoms. The van der Waals surface area contributed by atoms with Gasteiger partial charge in [0, 0.05) is 11.8 Å². The summed E-state index contributed by atoms with van der Waals surface area (Å²) in [4.78, 5) is 14.6. The number of nitrogens with zero attached hydrogens (tertiary/aromatic N) is 1. The van der Waals surface area contributed by atoms with Crippen LogP contribution in [0.1, 0.15) is 15.9 Å². The molecule has 10 heteroatoms. The first-order valence-electron chi connectivity index (χ1n) is 6.14. The number of carboxylic acid groups (broad SMARTS) is 1. The molecule has 0 unspecified atom stereocenters. The summed E-state index contributed by atoms with van der Waals surface area (Å²) in [6.45, 7) is 0. The van der Waals surface area contributed by atoms with E-state index < -0.39 is 41.1 Å². The van der Waals surface area contributed by atoms with E-state index in [1.807, 2.05) is 0 Å². The number of rotatable bonds is 3. The van der Waals surface area contributed by atoms with Crippen molar-refractivity contribution in [3.63, 3.8) is 0 Å². The Kier molecular flexibility index (Phi) is 4.41. The zero-order valence-electron chi connectivity index (χ0n) is 11.4. The van der Waals surface area contributed by atoms with Gasteiger partial charge in [-0.3, -0.25) is 4.98 Å². The van der Waals surface area contributed by atoms with Crippen molar-refractivity contribution in [2.24, 2.45) is 0 Å². The Bertz CT molecular complexity index is 770. The third kappa shape index (κ3) is 4.15. The van der Waals surface area contributed by atoms with Crippen LogP contribution in [0.4, 0.5) is 26.3 Å². The predicted octanol–water partition coefficient (Wildman–Crippen LogP) is 4.36. The van der Waals surface area contributed by atoms with Gasteiger partial charge in [0.1, 0.15) is 5.75 Å². The van der Waals surface area contributed by atoms with E-state index in [0.717, 1.165) is 18.2 Å². The molecule has 0 saturated heterocycles. The highest BCUT2D eigenvalue weighted by atomic mass is 19.4. The number of alkyl halides is 6. The summed E-state index contributed by atoms with van der Waals surface area (Å²) in [5.74, 6) is -2.36. The number of benzene rings is 1. The zero-order valence-corrected chi connectivity index (χ0v) is 11.4. The first-order chi connectivity index (χ1) is 11.0. The lowest BCUT2D eigenvalue weighted by Crippen LogP contribution is -2.17. The quantitative estimate of drug-likeness (QED) is 0.835. The molecule has 1 N–H and O–H groups in total. The van der Waals surface area contributed by atoms with Crippen molar-refractivity contribution in [1.29, 1.82) is 0 Å². The van der Waals surface area contributed by atoms with Crippen molar-refractivity contribution in [1.82, 2.24) is 4.98 Å². The van der Waals surface area contributed by atoms with Gasteiger partial charge in [0.25, 0.3) is 0 Å². The number of ether oxygens (including phenoxy) is 1. The molecule has 0 aliphatic rings. The van der Waals surface area contributed by atoms with Crippen LogP contribution in [0.15, 0.2) is 36.5 Å². The lowest BCUT2D eigenvalue weighted by Gasteiger charge is -2.12. The van der Waals surface area contributed by atoms with Crippen LogP contribution in [0.25, 0.3) is 11.3 Å². The second kappa shape index (κ2) is 6.02. The van der Waals surface area contributed by atoms with Gasteiger partial charge in [0.15, 0.2) is 0 Å². The van der Waals surface area contributed by atoms with E-state index >= 15 is 0 Å². The Labute approximate surface area is 130 Å². The molecule has 0 fully saturated rings. The number of carbonyl (C=O) groups is 1. The number of hydrogen-bond donors (Lipinski definition) is 1. The van der Waals surface area contributed by atoms with Crippen molar-refractivity contribution in [2.45, 2.75) is 12.5 Å². The Balaban J connectivity index is 2.52. The molecule has 128 valence electrons. The molecule has 0 radical (unpaired) electrons. The van der Waals surface area contributed by atoms with Crippen LogP contribution in [-0.4, -0.2) is 22.4 Å². The number of pyridine rings is 1. The number of aromatic carboxylic acids is 1. The van der Waals surface area contributed by atoms with Gasteiger partial charge >= 0.3 is 18.5 Å². The largest absolute Gasteiger partial charge is 0.573 e. The second-order valence-corrected chi connectivity index (χ2v) is 4.50. The molecule has 0 aliphatic carbocycles. The minimum absolute atomic E-state index is 0.136. The standard InChI is InChI=1S/C14H7F6NO3/c15-13(16,17)8-5-10(12(22)23)11(21-6-8)7-2-1-3-9(4-7)24-14(18,19)20/h1-6H,(H,22,23). The maximum atomic E-state index is 12.6. The van der Waals surface area contributed by atoms with Crippen molar-refractivity contribution in [3.05, 3.63) is 47.7 Å². The van der Waals surface area contributed by atoms with E-state index in [-0.39, 0.29) is 5.56 Å². The normalized spacial score (nSPS) is 12.1. The summed E-state index contributed by atoms with van der Waals surface area (Å²) in [6, 6.07) is 4.48. The van der Waals surface area contributed by atoms with E-state index in [9.17, 15) is 31.1 Å². The van der Waals surface area contributed by atoms with Gasteiger partial charge in [0.05, 0.1) is 16.8 Å². The van der Waals surface area contributed by atoms with E-state index in [0.29, 0.717) is 12.3 Å². The highest BCUT2D eigenvalue weighted by Gasteiger charge is 2.33. The van der Waals surface area contributed by atoms with Crippen LogP contribution in [0, 0.1) is 0 Å². The van der Waals surface area contributed by atoms with Gasteiger partial charge in [-0.15, -0.1) is 13.2 Å². The number of halogens is 6. The Morgan fingerprint density at radius 2 is 1.75 bits per heavy atom. The van der Waals surface area contributed by atoms with Crippen LogP contribution in [0.5, 0.6) is 5.75 Å². The molecule has 4 nitrogen and oxygen atoms in total. The smallest absolute Gasteiger partial charge is 0.478 e. The molecule has 0 amide bonds. The third-order valence-corrected chi connectivity index (χ3v) is 2.79. The molecule has 0 aliphatic heterocycles. The summed E-state index contributed by atoms with van der Waals surface area (Å²) < 4.78 is 78.2. The predicted molar refractivity (Wildman–Crippen MR) is 68.3 cm³/mol.